The maximum atomic E-state index is 11.3. The van der Waals surface area contributed by atoms with Crippen molar-refractivity contribution in [2.45, 2.75) is 32.7 Å². The quantitative estimate of drug-likeness (QED) is 0.683. The number of carbonyl (C=O) groups is 1. The van der Waals surface area contributed by atoms with E-state index >= 15 is 0 Å². The summed E-state index contributed by atoms with van der Waals surface area (Å²) in [6.07, 6.45) is 1.78. The number of carbonyl (C=O) groups excluding carboxylic acids is 1. The summed E-state index contributed by atoms with van der Waals surface area (Å²) in [5.41, 5.74) is 5.34. The van der Waals surface area contributed by atoms with Crippen LogP contribution >= 0.6 is 12.4 Å². The number of nitrogens with two attached hydrogens (primary N) is 1. The average molecular weight is 194 g/mol. The summed E-state index contributed by atoms with van der Waals surface area (Å²) in [5, 5.41) is 0. The molecular weight excluding hydrogens is 178 g/mol. The summed E-state index contributed by atoms with van der Waals surface area (Å²) in [4.78, 5) is 11.3. The number of hydrogen-bond donors (Lipinski definition) is 1. The van der Waals surface area contributed by atoms with Crippen LogP contribution < -0.4 is 5.73 Å². The van der Waals surface area contributed by atoms with Gasteiger partial charge in [0.1, 0.15) is 0 Å². The van der Waals surface area contributed by atoms with E-state index in [1.54, 1.807) is 0 Å². The zero-order chi connectivity index (χ0) is 8.48. The van der Waals surface area contributed by atoms with Crippen molar-refractivity contribution in [3.8, 4) is 0 Å². The zero-order valence-electron chi connectivity index (χ0n) is 7.50. The molecule has 1 rings (SSSR count). The minimum atomic E-state index is -0.323. The van der Waals surface area contributed by atoms with Gasteiger partial charge in [0.2, 0.25) is 0 Å². The fraction of sp³-hybridized carbons (Fsp3) is 0.875. The fourth-order valence-electron chi connectivity index (χ4n) is 1.25. The van der Waals surface area contributed by atoms with Crippen LogP contribution in [0.2, 0.25) is 0 Å². The molecule has 0 saturated heterocycles. The smallest absolute Gasteiger partial charge is 0.313 e. The summed E-state index contributed by atoms with van der Waals surface area (Å²) in [6, 6.07) is -0.0680. The van der Waals surface area contributed by atoms with Crippen molar-refractivity contribution < 1.29 is 9.53 Å². The van der Waals surface area contributed by atoms with Gasteiger partial charge in [0, 0.05) is 6.04 Å². The maximum Gasteiger partial charge on any atom is 0.313 e. The third-order valence-corrected chi connectivity index (χ3v) is 2.34. The minimum absolute atomic E-state index is 0. The van der Waals surface area contributed by atoms with Crippen LogP contribution in [-0.4, -0.2) is 18.6 Å². The monoisotopic (exact) mass is 193 g/mol. The summed E-state index contributed by atoms with van der Waals surface area (Å²) in [6.45, 7) is 4.13. The van der Waals surface area contributed by atoms with Crippen LogP contribution in [0.15, 0.2) is 0 Å². The standard InChI is InChI=1S/C8H15NO2.ClH/c1-3-11-7(10)8(4-5-8)6(2)9;/h6H,3-5,9H2,1-2H3;1H/t6-;/m0./s1. The van der Waals surface area contributed by atoms with Gasteiger partial charge in [-0.1, -0.05) is 0 Å². The van der Waals surface area contributed by atoms with E-state index in [0.717, 1.165) is 12.8 Å². The lowest BCUT2D eigenvalue weighted by molar-refractivity contribution is -0.150. The van der Waals surface area contributed by atoms with E-state index in [9.17, 15) is 4.79 Å². The molecule has 2 N–H and O–H groups in total. The lowest BCUT2D eigenvalue weighted by atomic mass is 9.99. The number of hydrogen-bond acceptors (Lipinski definition) is 3. The highest BCUT2D eigenvalue weighted by Crippen LogP contribution is 2.48. The second-order valence-corrected chi connectivity index (χ2v) is 3.17. The Kier molecular flexibility index (Phi) is 4.00. The predicted molar refractivity (Wildman–Crippen MR) is 49.2 cm³/mol. The predicted octanol–water partition coefficient (Wildman–Crippen LogP) is 1.10. The molecule has 0 bridgehead atoms. The molecule has 0 heterocycles. The van der Waals surface area contributed by atoms with Crippen LogP contribution in [0.4, 0.5) is 0 Å². The van der Waals surface area contributed by atoms with E-state index in [-0.39, 0.29) is 29.8 Å². The van der Waals surface area contributed by atoms with Gasteiger partial charge in [-0.2, -0.15) is 0 Å². The van der Waals surface area contributed by atoms with Crippen LogP contribution in [0, 0.1) is 5.41 Å². The summed E-state index contributed by atoms with van der Waals surface area (Å²) in [5.74, 6) is -0.116. The van der Waals surface area contributed by atoms with E-state index in [1.165, 1.54) is 0 Å². The molecule has 0 aliphatic heterocycles. The number of rotatable bonds is 3. The van der Waals surface area contributed by atoms with Crippen molar-refractivity contribution in [1.82, 2.24) is 0 Å². The Labute approximate surface area is 79.1 Å². The van der Waals surface area contributed by atoms with E-state index < -0.39 is 0 Å². The third kappa shape index (κ3) is 1.90. The molecule has 0 unspecified atom stereocenters. The molecule has 0 aromatic heterocycles. The SMILES string of the molecule is CCOC(=O)C1([C@H](C)N)CC1.Cl. The Bertz CT molecular complexity index is 166. The van der Waals surface area contributed by atoms with E-state index in [1.807, 2.05) is 13.8 Å². The van der Waals surface area contributed by atoms with Gasteiger partial charge in [-0.3, -0.25) is 4.79 Å². The number of esters is 1. The fourth-order valence-corrected chi connectivity index (χ4v) is 1.25. The molecule has 0 aromatic rings. The highest BCUT2D eigenvalue weighted by Gasteiger charge is 2.54. The molecule has 3 nitrogen and oxygen atoms in total. The van der Waals surface area contributed by atoms with E-state index in [4.69, 9.17) is 10.5 Å². The van der Waals surface area contributed by atoms with Gasteiger partial charge in [-0.25, -0.2) is 0 Å². The molecule has 0 amide bonds. The Morgan fingerprint density at radius 1 is 1.67 bits per heavy atom. The lowest BCUT2D eigenvalue weighted by Crippen LogP contribution is -2.36. The molecule has 1 saturated carbocycles. The topological polar surface area (TPSA) is 52.3 Å². The molecule has 12 heavy (non-hydrogen) atoms. The second kappa shape index (κ2) is 4.10. The van der Waals surface area contributed by atoms with Crippen molar-refractivity contribution in [3.63, 3.8) is 0 Å². The molecule has 0 aromatic carbocycles. The van der Waals surface area contributed by atoms with Gasteiger partial charge in [0.25, 0.3) is 0 Å². The van der Waals surface area contributed by atoms with Gasteiger partial charge >= 0.3 is 5.97 Å². The molecule has 0 radical (unpaired) electrons. The highest BCUT2D eigenvalue weighted by atomic mass is 35.5. The molecule has 1 atom stereocenters. The Hall–Kier alpha value is -0.280. The van der Waals surface area contributed by atoms with Crippen molar-refractivity contribution in [2.75, 3.05) is 6.61 Å². The molecule has 4 heteroatoms. The summed E-state index contributed by atoms with van der Waals surface area (Å²) < 4.78 is 4.91. The van der Waals surface area contributed by atoms with Crippen molar-refractivity contribution in [2.24, 2.45) is 11.1 Å². The highest BCUT2D eigenvalue weighted by molar-refractivity contribution is 5.85. The Morgan fingerprint density at radius 3 is 2.42 bits per heavy atom. The minimum Gasteiger partial charge on any atom is -0.466 e. The largest absolute Gasteiger partial charge is 0.466 e. The normalized spacial score (nSPS) is 20.6. The van der Waals surface area contributed by atoms with E-state index in [2.05, 4.69) is 0 Å². The van der Waals surface area contributed by atoms with Gasteiger partial charge in [0.15, 0.2) is 0 Å². The summed E-state index contributed by atoms with van der Waals surface area (Å²) >= 11 is 0. The van der Waals surface area contributed by atoms with E-state index in [0.29, 0.717) is 6.61 Å². The van der Waals surface area contributed by atoms with Gasteiger partial charge in [-0.15, -0.1) is 12.4 Å². The molecule has 1 aliphatic rings. The molecular formula is C8H16ClNO2. The first-order valence-corrected chi connectivity index (χ1v) is 4.06. The van der Waals surface area contributed by atoms with Crippen LogP contribution in [0.25, 0.3) is 0 Å². The Balaban J connectivity index is 0.00000121. The van der Waals surface area contributed by atoms with Crippen LogP contribution in [-0.2, 0) is 9.53 Å². The molecule has 1 fully saturated rings. The first kappa shape index (κ1) is 11.7. The zero-order valence-corrected chi connectivity index (χ0v) is 8.32. The van der Waals surface area contributed by atoms with Gasteiger partial charge < -0.3 is 10.5 Å². The molecule has 0 spiro atoms. The first-order valence-electron chi connectivity index (χ1n) is 4.06. The third-order valence-electron chi connectivity index (χ3n) is 2.34. The molecule has 1 aliphatic carbocycles. The Morgan fingerprint density at radius 2 is 2.17 bits per heavy atom. The number of halogens is 1. The number of ether oxygens (including phenoxy) is 1. The maximum absolute atomic E-state index is 11.3. The van der Waals surface area contributed by atoms with Crippen molar-refractivity contribution in [3.05, 3.63) is 0 Å². The molecule has 72 valence electrons. The average Bonchev–Trinajstić information content (AvgIpc) is 2.66. The van der Waals surface area contributed by atoms with Crippen LogP contribution in [0.1, 0.15) is 26.7 Å². The second-order valence-electron chi connectivity index (χ2n) is 3.17. The van der Waals surface area contributed by atoms with Crippen molar-refractivity contribution >= 4 is 18.4 Å². The van der Waals surface area contributed by atoms with Crippen LogP contribution in [0.5, 0.6) is 0 Å². The van der Waals surface area contributed by atoms with Crippen molar-refractivity contribution in [1.29, 1.82) is 0 Å². The lowest BCUT2D eigenvalue weighted by Gasteiger charge is -2.16. The van der Waals surface area contributed by atoms with Gasteiger partial charge in [0.05, 0.1) is 12.0 Å². The first-order chi connectivity index (χ1) is 5.13. The van der Waals surface area contributed by atoms with Crippen LogP contribution in [0.3, 0.4) is 0 Å². The summed E-state index contributed by atoms with van der Waals surface area (Å²) in [7, 11) is 0. The van der Waals surface area contributed by atoms with Gasteiger partial charge in [-0.05, 0) is 26.7 Å².